The molecule has 2 aromatic rings. The highest BCUT2D eigenvalue weighted by Crippen LogP contribution is 2.23. The first-order chi connectivity index (χ1) is 12.1. The highest BCUT2D eigenvalue weighted by molar-refractivity contribution is 5.74. The van der Waals surface area contributed by atoms with Crippen molar-refractivity contribution in [3.8, 4) is 5.69 Å². The van der Waals surface area contributed by atoms with Gasteiger partial charge in [0.25, 0.3) is 0 Å². The van der Waals surface area contributed by atoms with Gasteiger partial charge in [-0.2, -0.15) is 5.10 Å². The van der Waals surface area contributed by atoms with Crippen LogP contribution in [-0.2, 0) is 16.1 Å². The smallest absolute Gasteiger partial charge is 0.334 e. The molecule has 0 spiro atoms. The van der Waals surface area contributed by atoms with Crippen molar-refractivity contribution in [2.24, 2.45) is 5.92 Å². The third kappa shape index (κ3) is 4.08. The number of hydrogen-bond acceptors (Lipinski definition) is 5. The number of aliphatic hydroxyl groups excluding tert-OH is 1. The van der Waals surface area contributed by atoms with Crippen molar-refractivity contribution in [3.63, 3.8) is 0 Å². The highest BCUT2D eigenvalue weighted by atomic mass is 16.5. The minimum Gasteiger partial charge on any atom is -0.467 e. The maximum atomic E-state index is 11.5. The molecule has 3 rings (SSSR count). The SMILES string of the molecule is COC(=O)[C@@H](O)C1CCN(Cc2cn(-c3ccccc3)nc2C)CC1. The Bertz CT molecular complexity index is 706. The van der Waals surface area contributed by atoms with Gasteiger partial charge in [0.15, 0.2) is 6.10 Å². The third-order valence-electron chi connectivity index (χ3n) is 4.94. The van der Waals surface area contributed by atoms with Crippen LogP contribution < -0.4 is 0 Å². The van der Waals surface area contributed by atoms with Crippen molar-refractivity contribution in [3.05, 3.63) is 47.8 Å². The Morgan fingerprint density at radius 1 is 1.32 bits per heavy atom. The van der Waals surface area contributed by atoms with Gasteiger partial charge in [-0.25, -0.2) is 9.48 Å². The predicted molar refractivity (Wildman–Crippen MR) is 94.3 cm³/mol. The van der Waals surface area contributed by atoms with Crippen LogP contribution in [0.4, 0.5) is 0 Å². The Balaban J connectivity index is 1.59. The first-order valence-corrected chi connectivity index (χ1v) is 8.67. The molecule has 0 saturated carbocycles. The number of para-hydroxylation sites is 1. The van der Waals surface area contributed by atoms with E-state index in [-0.39, 0.29) is 5.92 Å². The number of benzene rings is 1. The number of carbonyl (C=O) groups is 1. The largest absolute Gasteiger partial charge is 0.467 e. The molecule has 1 aromatic carbocycles. The number of aryl methyl sites for hydroxylation is 1. The quantitative estimate of drug-likeness (QED) is 0.840. The summed E-state index contributed by atoms with van der Waals surface area (Å²) >= 11 is 0. The average Bonchev–Trinajstić information content (AvgIpc) is 3.02. The monoisotopic (exact) mass is 343 g/mol. The summed E-state index contributed by atoms with van der Waals surface area (Å²) in [5.74, 6) is -0.546. The normalized spacial score (nSPS) is 17.4. The van der Waals surface area contributed by atoms with Crippen molar-refractivity contribution < 1.29 is 14.6 Å². The van der Waals surface area contributed by atoms with E-state index in [0.29, 0.717) is 0 Å². The van der Waals surface area contributed by atoms with E-state index in [1.807, 2.05) is 41.9 Å². The Hall–Kier alpha value is -2.18. The molecular formula is C19H25N3O3. The molecule has 6 heteroatoms. The number of aromatic nitrogens is 2. The number of piperidine rings is 1. The van der Waals surface area contributed by atoms with Crippen LogP contribution in [0.2, 0.25) is 0 Å². The zero-order chi connectivity index (χ0) is 17.8. The Labute approximate surface area is 148 Å². The van der Waals surface area contributed by atoms with Crippen LogP contribution in [0.3, 0.4) is 0 Å². The lowest BCUT2D eigenvalue weighted by Crippen LogP contribution is -2.40. The molecule has 134 valence electrons. The molecule has 6 nitrogen and oxygen atoms in total. The van der Waals surface area contributed by atoms with Gasteiger partial charge in [0.05, 0.1) is 18.5 Å². The van der Waals surface area contributed by atoms with Gasteiger partial charge in [0.2, 0.25) is 0 Å². The standard InChI is InChI=1S/C19H25N3O3/c1-14-16(13-22(20-14)17-6-4-3-5-7-17)12-21-10-8-15(9-11-21)18(23)19(24)25-2/h3-7,13,15,18,23H,8-12H2,1-2H3/t18-/m0/s1. The van der Waals surface area contributed by atoms with E-state index >= 15 is 0 Å². The van der Waals surface area contributed by atoms with Gasteiger partial charge in [0, 0.05) is 18.3 Å². The number of esters is 1. The minimum absolute atomic E-state index is 0.0168. The van der Waals surface area contributed by atoms with Crippen LogP contribution >= 0.6 is 0 Å². The van der Waals surface area contributed by atoms with E-state index in [0.717, 1.165) is 43.9 Å². The van der Waals surface area contributed by atoms with Gasteiger partial charge in [-0.1, -0.05) is 18.2 Å². The van der Waals surface area contributed by atoms with Crippen LogP contribution in [0.5, 0.6) is 0 Å². The van der Waals surface area contributed by atoms with Crippen LogP contribution in [0.1, 0.15) is 24.1 Å². The molecule has 0 unspecified atom stereocenters. The topological polar surface area (TPSA) is 67.6 Å². The fourth-order valence-corrected chi connectivity index (χ4v) is 3.34. The number of likely N-dealkylation sites (tertiary alicyclic amines) is 1. The summed E-state index contributed by atoms with van der Waals surface area (Å²) in [6.45, 7) is 4.57. The molecule has 2 heterocycles. The molecule has 0 aliphatic carbocycles. The third-order valence-corrected chi connectivity index (χ3v) is 4.94. The molecule has 1 aliphatic heterocycles. The molecule has 1 aromatic heterocycles. The molecule has 0 radical (unpaired) electrons. The van der Waals surface area contributed by atoms with E-state index in [1.165, 1.54) is 12.7 Å². The van der Waals surface area contributed by atoms with Crippen LogP contribution in [0.15, 0.2) is 36.5 Å². The molecule has 1 aliphatic rings. The molecule has 25 heavy (non-hydrogen) atoms. The number of nitrogens with zero attached hydrogens (tertiary/aromatic N) is 3. The van der Waals surface area contributed by atoms with Crippen molar-refractivity contribution in [1.29, 1.82) is 0 Å². The van der Waals surface area contributed by atoms with E-state index in [2.05, 4.69) is 20.9 Å². The molecule has 1 fully saturated rings. The van der Waals surface area contributed by atoms with E-state index in [9.17, 15) is 9.90 Å². The zero-order valence-electron chi connectivity index (χ0n) is 14.8. The predicted octanol–water partition coefficient (Wildman–Crippen LogP) is 1.93. The second-order valence-electron chi connectivity index (χ2n) is 6.60. The van der Waals surface area contributed by atoms with Crippen molar-refractivity contribution in [2.45, 2.75) is 32.4 Å². The maximum Gasteiger partial charge on any atom is 0.334 e. The Kier molecular flexibility index (Phi) is 5.50. The first-order valence-electron chi connectivity index (χ1n) is 8.67. The second-order valence-corrected chi connectivity index (χ2v) is 6.60. The summed E-state index contributed by atoms with van der Waals surface area (Å²) in [6, 6.07) is 10.1. The summed E-state index contributed by atoms with van der Waals surface area (Å²) in [6.07, 6.45) is 2.67. The van der Waals surface area contributed by atoms with E-state index in [1.54, 1.807) is 0 Å². The van der Waals surface area contributed by atoms with Crippen molar-refractivity contribution >= 4 is 5.97 Å². The number of carbonyl (C=O) groups excluding carboxylic acids is 1. The van der Waals surface area contributed by atoms with Crippen LogP contribution in [0, 0.1) is 12.8 Å². The summed E-state index contributed by atoms with van der Waals surface area (Å²) in [5, 5.41) is 14.6. The lowest BCUT2D eigenvalue weighted by molar-refractivity contribution is -0.154. The molecule has 1 atom stereocenters. The summed E-state index contributed by atoms with van der Waals surface area (Å²) in [4.78, 5) is 13.8. The molecular weight excluding hydrogens is 318 g/mol. The minimum atomic E-state index is -1.00. The van der Waals surface area contributed by atoms with Crippen LogP contribution in [0.25, 0.3) is 5.69 Å². The fourth-order valence-electron chi connectivity index (χ4n) is 3.34. The molecule has 0 bridgehead atoms. The average molecular weight is 343 g/mol. The Morgan fingerprint density at radius 2 is 2.00 bits per heavy atom. The summed E-state index contributed by atoms with van der Waals surface area (Å²) in [5.41, 5.74) is 3.29. The van der Waals surface area contributed by atoms with Gasteiger partial charge < -0.3 is 9.84 Å². The van der Waals surface area contributed by atoms with Crippen molar-refractivity contribution in [2.75, 3.05) is 20.2 Å². The van der Waals surface area contributed by atoms with Crippen LogP contribution in [-0.4, -0.2) is 52.1 Å². The van der Waals surface area contributed by atoms with Gasteiger partial charge in [-0.05, 0) is 50.9 Å². The number of aliphatic hydroxyl groups is 1. The number of ether oxygens (including phenoxy) is 1. The molecule has 1 N–H and O–H groups in total. The number of methoxy groups -OCH3 is 1. The van der Waals surface area contributed by atoms with Gasteiger partial charge in [-0.3, -0.25) is 4.90 Å². The maximum absolute atomic E-state index is 11.5. The van der Waals surface area contributed by atoms with Crippen molar-refractivity contribution in [1.82, 2.24) is 14.7 Å². The summed E-state index contributed by atoms with van der Waals surface area (Å²) < 4.78 is 6.55. The lowest BCUT2D eigenvalue weighted by atomic mass is 9.91. The second kappa shape index (κ2) is 7.80. The zero-order valence-corrected chi connectivity index (χ0v) is 14.8. The van der Waals surface area contributed by atoms with E-state index in [4.69, 9.17) is 0 Å². The van der Waals surface area contributed by atoms with Gasteiger partial charge >= 0.3 is 5.97 Å². The lowest BCUT2D eigenvalue weighted by Gasteiger charge is -2.33. The fraction of sp³-hybridized carbons (Fsp3) is 0.474. The molecule has 0 amide bonds. The number of rotatable bonds is 5. The summed E-state index contributed by atoms with van der Waals surface area (Å²) in [7, 11) is 1.31. The first kappa shape index (κ1) is 17.6. The van der Waals surface area contributed by atoms with E-state index < -0.39 is 12.1 Å². The molecule has 1 saturated heterocycles. The van der Waals surface area contributed by atoms with Gasteiger partial charge in [0.1, 0.15) is 0 Å². The van der Waals surface area contributed by atoms with Gasteiger partial charge in [-0.15, -0.1) is 0 Å². The highest BCUT2D eigenvalue weighted by Gasteiger charge is 2.30. The Morgan fingerprint density at radius 3 is 2.64 bits per heavy atom. The number of hydrogen-bond donors (Lipinski definition) is 1.